The van der Waals surface area contributed by atoms with Gasteiger partial charge in [0.25, 0.3) is 0 Å². The van der Waals surface area contributed by atoms with Crippen molar-refractivity contribution in [2.24, 2.45) is 10.8 Å². The molecule has 96 valence electrons. The fraction of sp³-hybridized carbons (Fsp3) is 1.00. The highest BCUT2D eigenvalue weighted by Crippen LogP contribution is 2.34. The molecule has 1 saturated carbocycles. The van der Waals surface area contributed by atoms with Gasteiger partial charge in [-0.25, -0.2) is 0 Å². The third-order valence-electron chi connectivity index (χ3n) is 3.73. The van der Waals surface area contributed by atoms with Gasteiger partial charge in [-0.3, -0.25) is 0 Å². The minimum Gasteiger partial charge on any atom is -0.313 e. The lowest BCUT2D eigenvalue weighted by Crippen LogP contribution is -2.34. The van der Waals surface area contributed by atoms with Crippen LogP contribution in [0, 0.1) is 10.8 Å². The zero-order valence-corrected chi connectivity index (χ0v) is 12.0. The molecule has 0 heterocycles. The lowest BCUT2D eigenvalue weighted by Gasteiger charge is -2.33. The molecule has 0 saturated heterocycles. The smallest absolute Gasteiger partial charge is 0.00684 e. The van der Waals surface area contributed by atoms with Crippen molar-refractivity contribution in [3.8, 4) is 0 Å². The predicted octanol–water partition coefficient (Wildman–Crippen LogP) is 4.37. The standard InChI is InChI=1S/C15H31N/c1-6-9-15(5,11-10-14(2,3)4)12-16-13-7-8-13/h13,16H,6-12H2,1-5H3. The number of nitrogens with one attached hydrogen (secondary N) is 1. The zero-order valence-electron chi connectivity index (χ0n) is 12.0. The van der Waals surface area contributed by atoms with Gasteiger partial charge in [0, 0.05) is 12.6 Å². The van der Waals surface area contributed by atoms with Crippen molar-refractivity contribution in [2.45, 2.75) is 79.2 Å². The van der Waals surface area contributed by atoms with Crippen LogP contribution in [0.15, 0.2) is 0 Å². The van der Waals surface area contributed by atoms with Crippen LogP contribution in [0.4, 0.5) is 0 Å². The Morgan fingerprint density at radius 2 is 1.62 bits per heavy atom. The average molecular weight is 225 g/mol. The number of rotatable bonds is 7. The minimum absolute atomic E-state index is 0.481. The first kappa shape index (κ1) is 14.0. The normalized spacial score (nSPS) is 20.8. The summed E-state index contributed by atoms with van der Waals surface area (Å²) in [5.41, 5.74) is 0.999. The molecule has 1 aliphatic rings. The van der Waals surface area contributed by atoms with Gasteiger partial charge in [0.15, 0.2) is 0 Å². The summed E-state index contributed by atoms with van der Waals surface area (Å²) in [5, 5.41) is 3.72. The molecule has 0 aromatic rings. The second kappa shape index (κ2) is 5.53. The Kier molecular flexibility index (Phi) is 4.85. The fourth-order valence-electron chi connectivity index (χ4n) is 2.26. The molecule has 0 amide bonds. The molecule has 0 spiro atoms. The van der Waals surface area contributed by atoms with E-state index in [1.165, 1.54) is 45.1 Å². The van der Waals surface area contributed by atoms with Gasteiger partial charge in [-0.15, -0.1) is 0 Å². The summed E-state index contributed by atoms with van der Waals surface area (Å²) in [6.45, 7) is 13.1. The van der Waals surface area contributed by atoms with Gasteiger partial charge in [0.2, 0.25) is 0 Å². The largest absolute Gasteiger partial charge is 0.313 e. The Balaban J connectivity index is 2.35. The number of hydrogen-bond acceptors (Lipinski definition) is 1. The molecule has 0 bridgehead atoms. The van der Waals surface area contributed by atoms with E-state index in [0.29, 0.717) is 10.8 Å². The summed E-state index contributed by atoms with van der Waals surface area (Å²) >= 11 is 0. The molecular formula is C15H31N. The van der Waals surface area contributed by atoms with Crippen molar-refractivity contribution < 1.29 is 0 Å². The van der Waals surface area contributed by atoms with Crippen LogP contribution >= 0.6 is 0 Å². The highest BCUT2D eigenvalue weighted by atomic mass is 15.0. The predicted molar refractivity (Wildman–Crippen MR) is 72.7 cm³/mol. The van der Waals surface area contributed by atoms with E-state index in [9.17, 15) is 0 Å². The molecule has 0 aromatic carbocycles. The topological polar surface area (TPSA) is 12.0 Å². The Labute approximate surface area is 102 Å². The van der Waals surface area contributed by atoms with Gasteiger partial charge in [0.05, 0.1) is 0 Å². The van der Waals surface area contributed by atoms with E-state index in [2.05, 4.69) is 39.9 Å². The molecule has 1 atom stereocenters. The van der Waals surface area contributed by atoms with E-state index in [0.717, 1.165) is 6.04 Å². The molecule has 1 rings (SSSR count). The monoisotopic (exact) mass is 225 g/mol. The van der Waals surface area contributed by atoms with Crippen molar-refractivity contribution >= 4 is 0 Å². The van der Waals surface area contributed by atoms with Crippen LogP contribution in [0.5, 0.6) is 0 Å². The summed E-state index contributed by atoms with van der Waals surface area (Å²) in [5.74, 6) is 0. The zero-order chi connectivity index (χ0) is 12.2. The highest BCUT2D eigenvalue weighted by molar-refractivity contribution is 4.86. The lowest BCUT2D eigenvalue weighted by atomic mass is 9.76. The van der Waals surface area contributed by atoms with Gasteiger partial charge >= 0.3 is 0 Å². The van der Waals surface area contributed by atoms with Crippen LogP contribution in [0.25, 0.3) is 0 Å². The first-order chi connectivity index (χ1) is 7.35. The molecular weight excluding hydrogens is 194 g/mol. The van der Waals surface area contributed by atoms with E-state index < -0.39 is 0 Å². The van der Waals surface area contributed by atoms with Crippen LogP contribution in [0.1, 0.15) is 73.1 Å². The minimum atomic E-state index is 0.481. The van der Waals surface area contributed by atoms with Crippen LogP contribution < -0.4 is 5.32 Å². The third kappa shape index (κ3) is 5.89. The maximum atomic E-state index is 3.72. The molecule has 0 radical (unpaired) electrons. The Morgan fingerprint density at radius 3 is 2.06 bits per heavy atom. The van der Waals surface area contributed by atoms with Crippen molar-refractivity contribution in [2.75, 3.05) is 6.54 Å². The average Bonchev–Trinajstić information content (AvgIpc) is 2.95. The quantitative estimate of drug-likeness (QED) is 0.678. The Bertz CT molecular complexity index is 200. The number of hydrogen-bond donors (Lipinski definition) is 1. The summed E-state index contributed by atoms with van der Waals surface area (Å²) in [6, 6.07) is 0.853. The van der Waals surface area contributed by atoms with E-state index in [-0.39, 0.29) is 0 Å². The maximum Gasteiger partial charge on any atom is 0.00684 e. The Hall–Kier alpha value is -0.0400. The molecule has 1 unspecified atom stereocenters. The molecule has 1 heteroatoms. The lowest BCUT2D eigenvalue weighted by molar-refractivity contribution is 0.209. The summed E-state index contributed by atoms with van der Waals surface area (Å²) in [7, 11) is 0. The van der Waals surface area contributed by atoms with Gasteiger partial charge in [-0.2, -0.15) is 0 Å². The van der Waals surface area contributed by atoms with E-state index >= 15 is 0 Å². The van der Waals surface area contributed by atoms with Crippen LogP contribution in [-0.4, -0.2) is 12.6 Å². The molecule has 1 fully saturated rings. The molecule has 0 aromatic heterocycles. The Morgan fingerprint density at radius 1 is 1.00 bits per heavy atom. The van der Waals surface area contributed by atoms with Gasteiger partial charge in [0.1, 0.15) is 0 Å². The van der Waals surface area contributed by atoms with Crippen molar-refractivity contribution in [3.63, 3.8) is 0 Å². The molecule has 16 heavy (non-hydrogen) atoms. The second-order valence-corrected chi connectivity index (χ2v) is 7.28. The second-order valence-electron chi connectivity index (χ2n) is 7.28. The van der Waals surface area contributed by atoms with Crippen LogP contribution in [0.2, 0.25) is 0 Å². The van der Waals surface area contributed by atoms with Gasteiger partial charge in [-0.05, 0) is 42.9 Å². The van der Waals surface area contributed by atoms with Crippen LogP contribution in [0.3, 0.4) is 0 Å². The van der Waals surface area contributed by atoms with Gasteiger partial charge < -0.3 is 5.32 Å². The van der Waals surface area contributed by atoms with Crippen molar-refractivity contribution in [3.05, 3.63) is 0 Å². The van der Waals surface area contributed by atoms with Crippen molar-refractivity contribution in [1.29, 1.82) is 0 Å². The third-order valence-corrected chi connectivity index (χ3v) is 3.73. The van der Waals surface area contributed by atoms with E-state index in [1.807, 2.05) is 0 Å². The highest BCUT2D eigenvalue weighted by Gasteiger charge is 2.29. The molecule has 1 aliphatic carbocycles. The van der Waals surface area contributed by atoms with Crippen molar-refractivity contribution in [1.82, 2.24) is 5.32 Å². The SMILES string of the molecule is CCCC(C)(CCC(C)(C)C)CNC1CC1. The summed E-state index contributed by atoms with van der Waals surface area (Å²) in [4.78, 5) is 0. The van der Waals surface area contributed by atoms with Crippen LogP contribution in [-0.2, 0) is 0 Å². The summed E-state index contributed by atoms with van der Waals surface area (Å²) < 4.78 is 0. The van der Waals surface area contributed by atoms with Gasteiger partial charge in [-0.1, -0.05) is 41.0 Å². The fourth-order valence-corrected chi connectivity index (χ4v) is 2.26. The van der Waals surface area contributed by atoms with E-state index in [1.54, 1.807) is 0 Å². The molecule has 0 aliphatic heterocycles. The maximum absolute atomic E-state index is 3.72. The van der Waals surface area contributed by atoms with E-state index in [4.69, 9.17) is 0 Å². The molecule has 1 nitrogen and oxygen atoms in total. The molecule has 1 N–H and O–H groups in total. The summed E-state index contributed by atoms with van der Waals surface area (Å²) in [6.07, 6.45) is 8.19. The first-order valence-electron chi connectivity index (χ1n) is 7.08. The first-order valence-corrected chi connectivity index (χ1v) is 7.08.